The zero-order valence-corrected chi connectivity index (χ0v) is 17.0. The molecule has 0 atom stereocenters. The second-order valence-electron chi connectivity index (χ2n) is 7.69. The van der Waals surface area contributed by atoms with Gasteiger partial charge in [0, 0.05) is 34.4 Å². The molecule has 148 valence electrons. The van der Waals surface area contributed by atoms with Gasteiger partial charge in [-0.1, -0.05) is 24.3 Å². The molecular weight excluding hydrogens is 362 g/mol. The predicted molar refractivity (Wildman–Crippen MR) is 115 cm³/mol. The number of anilines is 1. The van der Waals surface area contributed by atoms with Crippen LogP contribution in [-0.2, 0) is 0 Å². The lowest BCUT2D eigenvalue weighted by molar-refractivity contribution is 0.0949. The summed E-state index contributed by atoms with van der Waals surface area (Å²) in [5, 5.41) is 5.91. The minimum Gasteiger partial charge on any atom is -0.349 e. The number of nitrogens with one attached hydrogen (secondary N) is 2. The van der Waals surface area contributed by atoms with E-state index in [4.69, 9.17) is 0 Å². The lowest BCUT2D eigenvalue weighted by Crippen LogP contribution is -2.25. The summed E-state index contributed by atoms with van der Waals surface area (Å²) in [4.78, 5) is 25.2. The fourth-order valence-electron chi connectivity index (χ4n) is 3.61. The minimum absolute atomic E-state index is 0.0960. The lowest BCUT2D eigenvalue weighted by atomic mass is 10.1. The Bertz CT molecular complexity index is 1090. The van der Waals surface area contributed by atoms with Gasteiger partial charge < -0.3 is 15.2 Å². The Hall–Kier alpha value is -3.34. The van der Waals surface area contributed by atoms with E-state index < -0.39 is 0 Å². The number of aryl methyl sites for hydroxylation is 2. The van der Waals surface area contributed by atoms with E-state index >= 15 is 0 Å². The molecule has 1 saturated carbocycles. The second kappa shape index (κ2) is 7.59. The molecule has 0 saturated heterocycles. The molecule has 2 amide bonds. The van der Waals surface area contributed by atoms with Crippen LogP contribution in [0.1, 0.15) is 50.5 Å². The SMILES string of the molecule is Cc1ccccc1-n1c(C)cc(C(=O)Nc2cccc(C(=O)NC3CC3)c2)c1C. The highest BCUT2D eigenvalue weighted by atomic mass is 16.2. The van der Waals surface area contributed by atoms with Gasteiger partial charge in [0.15, 0.2) is 0 Å². The number of hydrogen-bond donors (Lipinski definition) is 2. The Morgan fingerprint density at radius 3 is 2.41 bits per heavy atom. The summed E-state index contributed by atoms with van der Waals surface area (Å²) in [5.74, 6) is -0.279. The first-order valence-corrected chi connectivity index (χ1v) is 9.91. The van der Waals surface area contributed by atoms with Crippen molar-refractivity contribution in [3.8, 4) is 5.69 Å². The molecule has 5 nitrogen and oxygen atoms in total. The molecular formula is C24H25N3O2. The van der Waals surface area contributed by atoms with Gasteiger partial charge in [0.05, 0.1) is 5.56 Å². The Labute approximate surface area is 170 Å². The van der Waals surface area contributed by atoms with Crippen molar-refractivity contribution < 1.29 is 9.59 Å². The number of rotatable bonds is 5. The van der Waals surface area contributed by atoms with Gasteiger partial charge in [-0.05, 0) is 69.5 Å². The van der Waals surface area contributed by atoms with E-state index in [9.17, 15) is 9.59 Å². The molecule has 1 fully saturated rings. The molecule has 0 spiro atoms. The molecule has 1 aromatic heterocycles. The number of carbonyl (C=O) groups excluding carboxylic acids is 2. The Morgan fingerprint density at radius 1 is 0.931 bits per heavy atom. The van der Waals surface area contributed by atoms with Crippen LogP contribution in [-0.4, -0.2) is 22.4 Å². The van der Waals surface area contributed by atoms with Crippen LogP contribution in [0, 0.1) is 20.8 Å². The van der Waals surface area contributed by atoms with Gasteiger partial charge in [-0.15, -0.1) is 0 Å². The van der Waals surface area contributed by atoms with Gasteiger partial charge in [-0.2, -0.15) is 0 Å². The van der Waals surface area contributed by atoms with E-state index in [1.165, 1.54) is 0 Å². The van der Waals surface area contributed by atoms with Crippen molar-refractivity contribution >= 4 is 17.5 Å². The molecule has 0 radical (unpaired) electrons. The molecule has 1 heterocycles. The lowest BCUT2D eigenvalue weighted by Gasteiger charge is -2.13. The highest BCUT2D eigenvalue weighted by molar-refractivity contribution is 6.06. The number of benzene rings is 2. The van der Waals surface area contributed by atoms with Crippen molar-refractivity contribution in [3.05, 3.63) is 82.7 Å². The Balaban J connectivity index is 1.57. The van der Waals surface area contributed by atoms with Gasteiger partial charge in [-0.25, -0.2) is 0 Å². The maximum Gasteiger partial charge on any atom is 0.257 e. The molecule has 2 aromatic carbocycles. The predicted octanol–water partition coefficient (Wildman–Crippen LogP) is 4.55. The minimum atomic E-state index is -0.183. The first kappa shape index (κ1) is 19.0. The summed E-state index contributed by atoms with van der Waals surface area (Å²) in [6.07, 6.45) is 2.08. The summed E-state index contributed by atoms with van der Waals surface area (Å²) in [6.45, 7) is 6.01. The Morgan fingerprint density at radius 2 is 1.69 bits per heavy atom. The van der Waals surface area contributed by atoms with E-state index in [-0.39, 0.29) is 11.8 Å². The van der Waals surface area contributed by atoms with Crippen LogP contribution in [0.25, 0.3) is 5.69 Å². The molecule has 4 rings (SSSR count). The summed E-state index contributed by atoms with van der Waals surface area (Å²) in [5.41, 5.74) is 5.89. The summed E-state index contributed by atoms with van der Waals surface area (Å²) in [7, 11) is 0. The van der Waals surface area contributed by atoms with Crippen LogP contribution in [0.5, 0.6) is 0 Å². The van der Waals surface area contributed by atoms with Crippen molar-refractivity contribution in [2.45, 2.75) is 39.7 Å². The van der Waals surface area contributed by atoms with Crippen molar-refractivity contribution in [1.82, 2.24) is 9.88 Å². The Kier molecular flexibility index (Phi) is 4.97. The van der Waals surface area contributed by atoms with Gasteiger partial charge in [-0.3, -0.25) is 9.59 Å². The number of para-hydroxylation sites is 1. The van der Waals surface area contributed by atoms with Gasteiger partial charge in [0.2, 0.25) is 0 Å². The summed E-state index contributed by atoms with van der Waals surface area (Å²) < 4.78 is 2.10. The van der Waals surface area contributed by atoms with Crippen LogP contribution in [0.3, 0.4) is 0 Å². The van der Waals surface area contributed by atoms with Crippen LogP contribution in [0.15, 0.2) is 54.6 Å². The number of amides is 2. The van der Waals surface area contributed by atoms with Crippen molar-refractivity contribution in [2.24, 2.45) is 0 Å². The van der Waals surface area contributed by atoms with E-state index in [2.05, 4.69) is 34.3 Å². The van der Waals surface area contributed by atoms with E-state index in [0.717, 1.165) is 35.5 Å². The largest absolute Gasteiger partial charge is 0.349 e. The molecule has 0 bridgehead atoms. The standard InChI is InChI=1S/C24H25N3O2/c1-15-7-4-5-10-22(15)27-16(2)13-21(17(27)3)24(29)26-20-9-6-8-18(14-20)23(28)25-19-11-12-19/h4-10,13-14,19H,11-12H2,1-3H3,(H,25,28)(H,26,29). The van der Waals surface area contributed by atoms with E-state index in [0.29, 0.717) is 22.9 Å². The van der Waals surface area contributed by atoms with Crippen LogP contribution >= 0.6 is 0 Å². The fraction of sp³-hybridized carbons (Fsp3) is 0.250. The first-order chi connectivity index (χ1) is 13.9. The molecule has 1 aliphatic rings. The molecule has 1 aliphatic carbocycles. The van der Waals surface area contributed by atoms with Crippen LogP contribution < -0.4 is 10.6 Å². The van der Waals surface area contributed by atoms with Gasteiger partial charge in [0.1, 0.15) is 0 Å². The second-order valence-corrected chi connectivity index (χ2v) is 7.69. The third kappa shape index (κ3) is 3.94. The average Bonchev–Trinajstić information content (AvgIpc) is 3.46. The molecule has 3 aromatic rings. The zero-order valence-electron chi connectivity index (χ0n) is 17.0. The van der Waals surface area contributed by atoms with Crippen molar-refractivity contribution in [3.63, 3.8) is 0 Å². The normalized spacial score (nSPS) is 13.2. The number of carbonyl (C=O) groups is 2. The fourth-order valence-corrected chi connectivity index (χ4v) is 3.61. The van der Waals surface area contributed by atoms with E-state index in [1.54, 1.807) is 24.3 Å². The maximum absolute atomic E-state index is 13.0. The highest BCUT2D eigenvalue weighted by Gasteiger charge is 2.24. The van der Waals surface area contributed by atoms with Gasteiger partial charge in [0.25, 0.3) is 11.8 Å². The quantitative estimate of drug-likeness (QED) is 0.675. The molecule has 29 heavy (non-hydrogen) atoms. The van der Waals surface area contributed by atoms with Gasteiger partial charge >= 0.3 is 0 Å². The smallest absolute Gasteiger partial charge is 0.257 e. The zero-order chi connectivity index (χ0) is 20.5. The summed E-state index contributed by atoms with van der Waals surface area (Å²) in [6, 6.07) is 17.4. The number of nitrogens with zero attached hydrogens (tertiary/aromatic N) is 1. The monoisotopic (exact) mass is 387 g/mol. The maximum atomic E-state index is 13.0. The topological polar surface area (TPSA) is 63.1 Å². The molecule has 2 N–H and O–H groups in total. The first-order valence-electron chi connectivity index (χ1n) is 9.91. The number of hydrogen-bond acceptors (Lipinski definition) is 2. The third-order valence-corrected chi connectivity index (χ3v) is 5.33. The highest BCUT2D eigenvalue weighted by Crippen LogP contribution is 2.24. The summed E-state index contributed by atoms with van der Waals surface area (Å²) >= 11 is 0. The molecule has 0 unspecified atom stereocenters. The van der Waals surface area contributed by atoms with Crippen molar-refractivity contribution in [1.29, 1.82) is 0 Å². The van der Waals surface area contributed by atoms with E-state index in [1.807, 2.05) is 32.0 Å². The van der Waals surface area contributed by atoms with Crippen LogP contribution in [0.4, 0.5) is 5.69 Å². The molecule has 5 heteroatoms. The molecule has 0 aliphatic heterocycles. The average molecular weight is 387 g/mol. The third-order valence-electron chi connectivity index (χ3n) is 5.33. The van der Waals surface area contributed by atoms with Crippen LogP contribution in [0.2, 0.25) is 0 Å². The number of aromatic nitrogens is 1. The van der Waals surface area contributed by atoms with Crippen molar-refractivity contribution in [2.75, 3.05) is 5.32 Å².